The van der Waals surface area contributed by atoms with Crippen LogP contribution in [0.4, 0.5) is 13.2 Å². The molecule has 5 nitrogen and oxygen atoms in total. The molecule has 0 aliphatic carbocycles. The van der Waals surface area contributed by atoms with Crippen molar-refractivity contribution < 1.29 is 27.8 Å². The van der Waals surface area contributed by atoms with Crippen molar-refractivity contribution in [2.75, 3.05) is 19.8 Å². The van der Waals surface area contributed by atoms with Crippen LogP contribution in [0.25, 0.3) is 0 Å². The summed E-state index contributed by atoms with van der Waals surface area (Å²) in [7, 11) is 0. The van der Waals surface area contributed by atoms with Gasteiger partial charge in [-0.3, -0.25) is 4.79 Å². The van der Waals surface area contributed by atoms with Crippen molar-refractivity contribution in [2.24, 2.45) is 0 Å². The van der Waals surface area contributed by atoms with Crippen molar-refractivity contribution in [3.8, 4) is 0 Å². The minimum atomic E-state index is -4.40. The molecular formula is C12H15F3N2O3. The monoisotopic (exact) mass is 292 g/mol. The van der Waals surface area contributed by atoms with E-state index in [2.05, 4.69) is 5.32 Å². The van der Waals surface area contributed by atoms with Crippen LogP contribution in [0.1, 0.15) is 16.9 Å². The maximum Gasteiger partial charge on any atom is 0.406 e. The number of ether oxygens (including phenoxy) is 1. The molecule has 1 fully saturated rings. The highest BCUT2D eigenvalue weighted by atomic mass is 19.4. The third-order valence-corrected chi connectivity index (χ3v) is 3.07. The quantitative estimate of drug-likeness (QED) is 0.868. The summed E-state index contributed by atoms with van der Waals surface area (Å²) in [5.41, 5.74) is -1.23. The lowest BCUT2D eigenvalue weighted by Crippen LogP contribution is -2.43. The highest BCUT2D eigenvalue weighted by molar-refractivity contribution is 5.92. The van der Waals surface area contributed by atoms with Crippen molar-refractivity contribution >= 4 is 5.91 Å². The average Bonchev–Trinajstić information content (AvgIpc) is 2.94. The lowest BCUT2D eigenvalue weighted by Gasteiger charge is -2.21. The number of aromatic nitrogens is 1. The zero-order valence-corrected chi connectivity index (χ0v) is 10.6. The first-order chi connectivity index (χ1) is 9.29. The van der Waals surface area contributed by atoms with E-state index in [1.54, 1.807) is 0 Å². The fourth-order valence-electron chi connectivity index (χ4n) is 2.02. The van der Waals surface area contributed by atoms with Gasteiger partial charge in [0.15, 0.2) is 0 Å². The Morgan fingerprint density at radius 2 is 2.30 bits per heavy atom. The van der Waals surface area contributed by atoms with Crippen molar-refractivity contribution in [1.82, 2.24) is 9.88 Å². The van der Waals surface area contributed by atoms with E-state index in [0.717, 1.165) is 4.57 Å². The van der Waals surface area contributed by atoms with Crippen LogP contribution < -0.4 is 5.32 Å². The topological polar surface area (TPSA) is 63.5 Å². The SMILES string of the molecule is O=C(NCC1(O)CCOC1)c1cccn1CC(F)(F)F. The molecule has 0 aromatic carbocycles. The van der Waals surface area contributed by atoms with Gasteiger partial charge in [0.25, 0.3) is 5.91 Å². The van der Waals surface area contributed by atoms with Gasteiger partial charge in [-0.1, -0.05) is 0 Å². The molecule has 8 heteroatoms. The molecule has 2 N–H and O–H groups in total. The first kappa shape index (κ1) is 14.9. The van der Waals surface area contributed by atoms with Crippen LogP contribution in [-0.2, 0) is 11.3 Å². The molecule has 0 saturated carbocycles. The lowest BCUT2D eigenvalue weighted by atomic mass is 10.0. The molecular weight excluding hydrogens is 277 g/mol. The molecule has 20 heavy (non-hydrogen) atoms. The van der Waals surface area contributed by atoms with Crippen molar-refractivity contribution in [2.45, 2.75) is 24.7 Å². The Kier molecular flexibility index (Phi) is 4.05. The van der Waals surface area contributed by atoms with Crippen LogP contribution in [0.2, 0.25) is 0 Å². The van der Waals surface area contributed by atoms with Crippen LogP contribution in [0, 0.1) is 0 Å². The summed E-state index contributed by atoms with van der Waals surface area (Å²) in [5.74, 6) is -0.653. The summed E-state index contributed by atoms with van der Waals surface area (Å²) in [6, 6.07) is 2.67. The summed E-state index contributed by atoms with van der Waals surface area (Å²) in [5, 5.41) is 12.4. The highest BCUT2D eigenvalue weighted by Crippen LogP contribution is 2.20. The average molecular weight is 292 g/mol. The zero-order valence-electron chi connectivity index (χ0n) is 10.6. The normalized spacial score (nSPS) is 23.0. The number of halogens is 3. The minimum absolute atomic E-state index is 0.0525. The zero-order chi connectivity index (χ0) is 14.8. The molecule has 0 spiro atoms. The molecule has 1 aliphatic rings. The number of nitrogens with one attached hydrogen (secondary N) is 1. The largest absolute Gasteiger partial charge is 0.406 e. The summed E-state index contributed by atoms with van der Waals surface area (Å²) in [4.78, 5) is 11.9. The Hall–Kier alpha value is -1.54. The third kappa shape index (κ3) is 3.73. The molecule has 1 aliphatic heterocycles. The van der Waals surface area contributed by atoms with Gasteiger partial charge in [-0.05, 0) is 12.1 Å². The van der Waals surface area contributed by atoms with Crippen LogP contribution in [0.3, 0.4) is 0 Å². The predicted octanol–water partition coefficient (Wildman–Crippen LogP) is 0.932. The van der Waals surface area contributed by atoms with E-state index in [0.29, 0.717) is 13.0 Å². The van der Waals surface area contributed by atoms with Gasteiger partial charge >= 0.3 is 6.18 Å². The molecule has 2 heterocycles. The molecule has 2 rings (SSSR count). The standard InChI is InChI=1S/C12H15F3N2O3/c13-12(14,15)7-17-4-1-2-9(17)10(18)16-6-11(19)3-5-20-8-11/h1-2,4,19H,3,5-8H2,(H,16,18). The minimum Gasteiger partial charge on any atom is -0.386 e. The Bertz CT molecular complexity index is 479. The van der Waals surface area contributed by atoms with Gasteiger partial charge in [0.05, 0.1) is 6.61 Å². The molecule has 0 radical (unpaired) electrons. The van der Waals surface area contributed by atoms with Gasteiger partial charge in [0.1, 0.15) is 17.8 Å². The number of carbonyl (C=O) groups excluding carboxylic acids is 1. The number of rotatable bonds is 4. The molecule has 1 aromatic heterocycles. The number of amides is 1. The van der Waals surface area contributed by atoms with Crippen molar-refractivity contribution in [1.29, 1.82) is 0 Å². The van der Waals surface area contributed by atoms with Crippen LogP contribution in [0.15, 0.2) is 18.3 Å². The Morgan fingerprint density at radius 1 is 1.55 bits per heavy atom. The van der Waals surface area contributed by atoms with E-state index in [-0.39, 0.29) is 18.8 Å². The maximum atomic E-state index is 12.3. The molecule has 1 amide bonds. The van der Waals surface area contributed by atoms with Gasteiger partial charge in [0, 0.05) is 25.8 Å². The summed E-state index contributed by atoms with van der Waals surface area (Å²) >= 11 is 0. The van der Waals surface area contributed by atoms with E-state index in [1.807, 2.05) is 0 Å². The number of carbonyl (C=O) groups is 1. The van der Waals surface area contributed by atoms with Gasteiger partial charge in [-0.25, -0.2) is 0 Å². The predicted molar refractivity (Wildman–Crippen MR) is 63.2 cm³/mol. The molecule has 0 bridgehead atoms. The molecule has 112 valence electrons. The second kappa shape index (κ2) is 5.45. The molecule has 1 saturated heterocycles. The van der Waals surface area contributed by atoms with Crippen LogP contribution in [-0.4, -0.2) is 47.1 Å². The highest BCUT2D eigenvalue weighted by Gasteiger charge is 2.33. The van der Waals surface area contributed by atoms with E-state index >= 15 is 0 Å². The second-order valence-corrected chi connectivity index (χ2v) is 4.85. The number of aliphatic hydroxyl groups is 1. The third-order valence-electron chi connectivity index (χ3n) is 3.07. The number of alkyl halides is 3. The fourth-order valence-corrected chi connectivity index (χ4v) is 2.02. The van der Waals surface area contributed by atoms with Gasteiger partial charge < -0.3 is 19.7 Å². The molecule has 1 aromatic rings. The number of hydrogen-bond acceptors (Lipinski definition) is 3. The van der Waals surface area contributed by atoms with E-state index in [4.69, 9.17) is 4.74 Å². The number of nitrogens with zero attached hydrogens (tertiary/aromatic N) is 1. The lowest BCUT2D eigenvalue weighted by molar-refractivity contribution is -0.140. The Balaban J connectivity index is 1.97. The van der Waals surface area contributed by atoms with Crippen molar-refractivity contribution in [3.05, 3.63) is 24.0 Å². The molecule has 1 unspecified atom stereocenters. The first-order valence-corrected chi connectivity index (χ1v) is 6.09. The Labute approximate surface area is 113 Å². The fraction of sp³-hybridized carbons (Fsp3) is 0.583. The summed E-state index contributed by atoms with van der Waals surface area (Å²) in [6.45, 7) is -0.771. The van der Waals surface area contributed by atoms with Gasteiger partial charge in [0.2, 0.25) is 0 Å². The summed E-state index contributed by atoms with van der Waals surface area (Å²) < 4.78 is 42.9. The number of hydrogen-bond donors (Lipinski definition) is 2. The maximum absolute atomic E-state index is 12.3. The van der Waals surface area contributed by atoms with E-state index in [9.17, 15) is 23.1 Å². The van der Waals surface area contributed by atoms with E-state index < -0.39 is 24.2 Å². The van der Waals surface area contributed by atoms with Crippen LogP contribution in [0.5, 0.6) is 0 Å². The van der Waals surface area contributed by atoms with Gasteiger partial charge in [-0.2, -0.15) is 13.2 Å². The smallest absolute Gasteiger partial charge is 0.386 e. The Morgan fingerprint density at radius 3 is 2.90 bits per heavy atom. The van der Waals surface area contributed by atoms with Crippen LogP contribution >= 0.6 is 0 Å². The summed E-state index contributed by atoms with van der Waals surface area (Å²) in [6.07, 6.45) is -2.82. The second-order valence-electron chi connectivity index (χ2n) is 4.85. The van der Waals surface area contributed by atoms with Gasteiger partial charge in [-0.15, -0.1) is 0 Å². The first-order valence-electron chi connectivity index (χ1n) is 6.09. The van der Waals surface area contributed by atoms with Crippen molar-refractivity contribution in [3.63, 3.8) is 0 Å². The molecule has 1 atom stereocenters. The van der Waals surface area contributed by atoms with E-state index in [1.165, 1.54) is 18.3 Å².